The maximum absolute atomic E-state index is 14.7. The summed E-state index contributed by atoms with van der Waals surface area (Å²) in [5.74, 6) is -0.143. The van der Waals surface area contributed by atoms with Crippen molar-refractivity contribution in [3.8, 4) is 23.0 Å². The van der Waals surface area contributed by atoms with Crippen LogP contribution < -0.4 is 10.5 Å². The summed E-state index contributed by atoms with van der Waals surface area (Å²) in [6.07, 6.45) is 0. The van der Waals surface area contributed by atoms with Gasteiger partial charge in [0.25, 0.3) is 6.02 Å². The van der Waals surface area contributed by atoms with Crippen molar-refractivity contribution < 1.29 is 28.5 Å². The van der Waals surface area contributed by atoms with Crippen LogP contribution in [0, 0.1) is 11.6 Å². The van der Waals surface area contributed by atoms with Crippen molar-refractivity contribution in [2.45, 2.75) is 5.54 Å². The van der Waals surface area contributed by atoms with Crippen LogP contribution in [-0.4, -0.2) is 22.8 Å². The summed E-state index contributed by atoms with van der Waals surface area (Å²) < 4.78 is 38.8. The molecule has 0 saturated carbocycles. The van der Waals surface area contributed by atoms with Gasteiger partial charge in [-0.15, -0.1) is 0 Å². The predicted molar refractivity (Wildman–Crippen MR) is 116 cm³/mol. The number of aromatic hydroxyl groups is 2. The van der Waals surface area contributed by atoms with E-state index >= 15 is 0 Å². The highest BCUT2D eigenvalue weighted by Crippen LogP contribution is 2.53. The lowest BCUT2D eigenvalue weighted by Crippen LogP contribution is -2.32. The smallest absolute Gasteiger partial charge is 0.283 e. The highest BCUT2D eigenvalue weighted by Gasteiger charge is 2.49. The number of rotatable bonds is 0. The zero-order valence-corrected chi connectivity index (χ0v) is 18.7. The number of fused-ring (bicyclic) bond motifs is 4. The fraction of sp³-hybridized carbons (Fsp3) is 0.0952. The maximum Gasteiger partial charge on any atom is 0.283 e. The number of halogens is 4. The monoisotopic (exact) mass is 554 g/mol. The fourth-order valence-corrected chi connectivity index (χ4v) is 3.95. The summed E-state index contributed by atoms with van der Waals surface area (Å²) in [6.45, 7) is 0.0407. The molecule has 1 spiro atoms. The number of amidine groups is 1. The molecule has 4 N–H and O–H groups in total. The van der Waals surface area contributed by atoms with Crippen LogP contribution in [0.15, 0.2) is 62.5 Å². The molecule has 10 heteroatoms. The van der Waals surface area contributed by atoms with Gasteiger partial charge in [0.1, 0.15) is 41.2 Å². The molecule has 0 amide bonds. The Morgan fingerprint density at radius 3 is 2.23 bits per heavy atom. The third kappa shape index (κ3) is 3.81. The predicted octanol–water partition coefficient (Wildman–Crippen LogP) is 5.28. The average molecular weight is 556 g/mol. The molecule has 1 unspecified atom stereocenters. The van der Waals surface area contributed by atoms with E-state index in [4.69, 9.17) is 20.3 Å². The minimum atomic E-state index is -1.17. The SMILES string of the molecule is NC1=NC2(CO1)c1cc(O)ccc1Oc1ccc(Br)c(F)c12.Oc1ccc(Br)c(F)c1. The second kappa shape index (κ2) is 8.01. The minimum absolute atomic E-state index is 0.0264. The lowest BCUT2D eigenvalue weighted by atomic mass is 9.81. The molecule has 0 fully saturated rings. The Kier molecular flexibility index (Phi) is 5.52. The van der Waals surface area contributed by atoms with Crippen molar-refractivity contribution in [2.24, 2.45) is 10.7 Å². The van der Waals surface area contributed by atoms with Crippen LogP contribution in [0.25, 0.3) is 0 Å². The van der Waals surface area contributed by atoms with Gasteiger partial charge in [-0.05, 0) is 74.3 Å². The Balaban J connectivity index is 0.000000217. The first kappa shape index (κ1) is 21.4. The Labute approximate surface area is 192 Å². The summed E-state index contributed by atoms with van der Waals surface area (Å²) >= 11 is 6.12. The topological polar surface area (TPSA) is 97.3 Å². The first-order valence-corrected chi connectivity index (χ1v) is 10.4. The summed E-state index contributed by atoms with van der Waals surface area (Å²) in [4.78, 5) is 4.33. The van der Waals surface area contributed by atoms with Crippen molar-refractivity contribution in [1.82, 2.24) is 0 Å². The van der Waals surface area contributed by atoms with Crippen LogP contribution in [0.3, 0.4) is 0 Å². The molecule has 1 atom stereocenters. The first-order chi connectivity index (χ1) is 14.7. The molecule has 0 radical (unpaired) electrons. The van der Waals surface area contributed by atoms with Crippen molar-refractivity contribution >= 4 is 37.9 Å². The summed E-state index contributed by atoms with van der Waals surface area (Å²) in [6, 6.07) is 11.7. The highest BCUT2D eigenvalue weighted by molar-refractivity contribution is 9.10. The van der Waals surface area contributed by atoms with Crippen LogP contribution in [0.2, 0.25) is 0 Å². The van der Waals surface area contributed by atoms with Gasteiger partial charge in [0.15, 0.2) is 5.54 Å². The molecule has 2 aliphatic rings. The van der Waals surface area contributed by atoms with E-state index in [1.165, 1.54) is 24.3 Å². The minimum Gasteiger partial charge on any atom is -0.508 e. The molecule has 0 saturated heterocycles. The second-order valence-corrected chi connectivity index (χ2v) is 8.42. The van der Waals surface area contributed by atoms with Gasteiger partial charge in [-0.25, -0.2) is 13.8 Å². The molecular formula is C21H14Br2F2N2O4. The van der Waals surface area contributed by atoms with Crippen LogP contribution >= 0.6 is 31.9 Å². The molecule has 160 valence electrons. The number of aliphatic imine (C=N–C) groups is 1. The quantitative estimate of drug-likeness (QED) is 0.350. The zero-order valence-electron chi connectivity index (χ0n) is 15.6. The molecule has 31 heavy (non-hydrogen) atoms. The van der Waals surface area contributed by atoms with Crippen LogP contribution in [0.4, 0.5) is 8.78 Å². The lowest BCUT2D eigenvalue weighted by molar-refractivity contribution is 0.259. The first-order valence-electron chi connectivity index (χ1n) is 8.83. The number of phenolic OH excluding ortho intramolecular Hbond substituents is 2. The van der Waals surface area contributed by atoms with Crippen molar-refractivity contribution in [3.05, 3.63) is 80.2 Å². The van der Waals surface area contributed by atoms with Gasteiger partial charge in [0.2, 0.25) is 0 Å². The van der Waals surface area contributed by atoms with E-state index in [1.54, 1.807) is 18.2 Å². The normalized spacial score (nSPS) is 18.1. The molecule has 2 heterocycles. The average Bonchev–Trinajstić information content (AvgIpc) is 3.11. The Hall–Kier alpha value is -2.85. The molecule has 5 rings (SSSR count). The van der Waals surface area contributed by atoms with E-state index in [0.29, 0.717) is 26.0 Å². The van der Waals surface area contributed by atoms with Gasteiger partial charge in [0, 0.05) is 11.6 Å². The Bertz CT molecular complexity index is 1220. The highest BCUT2D eigenvalue weighted by atomic mass is 79.9. The third-order valence-corrected chi connectivity index (χ3v) is 5.99. The molecule has 3 aromatic carbocycles. The Morgan fingerprint density at radius 1 is 0.935 bits per heavy atom. The molecule has 3 aromatic rings. The van der Waals surface area contributed by atoms with Crippen molar-refractivity contribution in [1.29, 1.82) is 0 Å². The van der Waals surface area contributed by atoms with Crippen LogP contribution in [0.5, 0.6) is 23.0 Å². The fourth-order valence-electron chi connectivity index (χ4n) is 3.37. The maximum atomic E-state index is 14.7. The zero-order chi connectivity index (χ0) is 22.3. The van der Waals surface area contributed by atoms with E-state index in [9.17, 15) is 13.9 Å². The van der Waals surface area contributed by atoms with Crippen molar-refractivity contribution in [3.63, 3.8) is 0 Å². The van der Waals surface area contributed by atoms with Crippen LogP contribution in [0.1, 0.15) is 11.1 Å². The van der Waals surface area contributed by atoms with Gasteiger partial charge < -0.3 is 25.4 Å². The third-order valence-electron chi connectivity index (χ3n) is 4.73. The standard InChI is InChI=1S/C15H10BrFN2O3.C6H4BrFO/c16-9-2-4-11-12(13(9)17)15(6-21-14(18)19-15)8-5-7(20)1-3-10(8)22-11;7-5-2-1-4(9)3-6(5)8/h1-5,20H,6H2,(H2,18,19);1-3,9H. The van der Waals surface area contributed by atoms with Gasteiger partial charge in [-0.3, -0.25) is 0 Å². The van der Waals surface area contributed by atoms with Gasteiger partial charge in [0.05, 0.1) is 14.5 Å². The molecule has 6 nitrogen and oxygen atoms in total. The van der Waals surface area contributed by atoms with Crippen LogP contribution in [-0.2, 0) is 10.3 Å². The molecule has 0 aromatic heterocycles. The van der Waals surface area contributed by atoms with E-state index in [0.717, 1.165) is 6.07 Å². The summed E-state index contributed by atoms with van der Waals surface area (Å²) in [5, 5.41) is 18.5. The van der Waals surface area contributed by atoms with Gasteiger partial charge in [-0.2, -0.15) is 0 Å². The number of hydrogen-bond acceptors (Lipinski definition) is 6. The second-order valence-electron chi connectivity index (χ2n) is 6.71. The molecule has 0 bridgehead atoms. The molecule has 0 aliphatic carbocycles. The van der Waals surface area contributed by atoms with E-state index in [-0.39, 0.29) is 29.7 Å². The van der Waals surface area contributed by atoms with E-state index < -0.39 is 17.2 Å². The summed E-state index contributed by atoms with van der Waals surface area (Å²) in [7, 11) is 0. The van der Waals surface area contributed by atoms with Crippen molar-refractivity contribution in [2.75, 3.05) is 6.61 Å². The number of ether oxygens (including phenoxy) is 2. The molecular weight excluding hydrogens is 542 g/mol. The molecule has 2 aliphatic heterocycles. The number of benzene rings is 3. The number of nitrogens with zero attached hydrogens (tertiary/aromatic N) is 1. The van der Waals surface area contributed by atoms with Gasteiger partial charge in [-0.1, -0.05) is 0 Å². The number of phenols is 2. The number of nitrogens with two attached hydrogens (primary N) is 1. The largest absolute Gasteiger partial charge is 0.508 e. The Morgan fingerprint density at radius 2 is 1.58 bits per heavy atom. The van der Waals surface area contributed by atoms with E-state index in [2.05, 4.69) is 36.9 Å². The summed E-state index contributed by atoms with van der Waals surface area (Å²) in [5.41, 5.74) is 5.25. The van der Waals surface area contributed by atoms with Gasteiger partial charge >= 0.3 is 0 Å². The van der Waals surface area contributed by atoms with E-state index in [1.807, 2.05) is 0 Å². The number of hydrogen-bond donors (Lipinski definition) is 3. The lowest BCUT2D eigenvalue weighted by Gasteiger charge is -2.33.